The lowest BCUT2D eigenvalue weighted by Crippen LogP contribution is -2.40. The standard InChI is InChI=1S/C9H13F3O7S/c1-8(17-3-4-18-8)5-6(7(13)16-2)19-20(14,15)9(10,11)12/h6H,3-5H2,1-2H3. The van der Waals surface area contributed by atoms with E-state index in [9.17, 15) is 26.4 Å². The normalized spacial score (nSPS) is 20.6. The summed E-state index contributed by atoms with van der Waals surface area (Å²) in [7, 11) is -5.05. The molecular weight excluding hydrogens is 309 g/mol. The van der Waals surface area contributed by atoms with Crippen molar-refractivity contribution in [3.63, 3.8) is 0 Å². The van der Waals surface area contributed by atoms with Crippen molar-refractivity contribution >= 4 is 16.1 Å². The van der Waals surface area contributed by atoms with Gasteiger partial charge in [-0.25, -0.2) is 8.98 Å². The summed E-state index contributed by atoms with van der Waals surface area (Å²) in [6, 6.07) is 0. The lowest BCUT2D eigenvalue weighted by atomic mass is 10.1. The van der Waals surface area contributed by atoms with E-state index >= 15 is 0 Å². The van der Waals surface area contributed by atoms with Crippen molar-refractivity contribution in [2.24, 2.45) is 0 Å². The molecule has 11 heteroatoms. The molecule has 0 saturated carbocycles. The molecule has 0 radical (unpaired) electrons. The molecule has 0 spiro atoms. The first-order chi connectivity index (χ1) is 9.01. The quantitative estimate of drug-likeness (QED) is 0.415. The zero-order valence-corrected chi connectivity index (χ0v) is 11.4. The average Bonchev–Trinajstić information content (AvgIpc) is 2.72. The van der Waals surface area contributed by atoms with E-state index in [4.69, 9.17) is 9.47 Å². The Morgan fingerprint density at radius 1 is 1.35 bits per heavy atom. The highest BCUT2D eigenvalue weighted by Crippen LogP contribution is 2.30. The van der Waals surface area contributed by atoms with E-state index < -0.39 is 39.9 Å². The number of rotatable bonds is 5. The van der Waals surface area contributed by atoms with Crippen LogP contribution in [0.25, 0.3) is 0 Å². The molecule has 1 heterocycles. The monoisotopic (exact) mass is 322 g/mol. The Morgan fingerprint density at radius 2 is 1.85 bits per heavy atom. The fourth-order valence-electron chi connectivity index (χ4n) is 1.51. The number of carbonyl (C=O) groups excluding carboxylic acids is 1. The van der Waals surface area contributed by atoms with Crippen LogP contribution in [0.2, 0.25) is 0 Å². The van der Waals surface area contributed by atoms with E-state index in [2.05, 4.69) is 8.92 Å². The van der Waals surface area contributed by atoms with Gasteiger partial charge in [0.05, 0.1) is 20.3 Å². The topological polar surface area (TPSA) is 88.1 Å². The van der Waals surface area contributed by atoms with Crippen LogP contribution in [-0.2, 0) is 33.3 Å². The molecule has 0 aromatic carbocycles. The number of carbonyl (C=O) groups is 1. The molecule has 0 aromatic rings. The van der Waals surface area contributed by atoms with E-state index in [1.54, 1.807) is 0 Å². The van der Waals surface area contributed by atoms with Crippen LogP contribution < -0.4 is 0 Å². The molecular formula is C9H13F3O7S. The molecule has 1 atom stereocenters. The van der Waals surface area contributed by atoms with Crippen molar-refractivity contribution in [3.8, 4) is 0 Å². The molecule has 0 aromatic heterocycles. The van der Waals surface area contributed by atoms with Gasteiger partial charge in [0, 0.05) is 6.42 Å². The molecule has 0 amide bonds. The zero-order chi connectivity index (χ0) is 15.6. The van der Waals surface area contributed by atoms with Gasteiger partial charge in [0.2, 0.25) is 0 Å². The van der Waals surface area contributed by atoms with Crippen molar-refractivity contribution in [2.75, 3.05) is 20.3 Å². The molecule has 1 aliphatic rings. The maximum atomic E-state index is 12.2. The van der Waals surface area contributed by atoms with Gasteiger partial charge in [0.15, 0.2) is 11.9 Å². The first-order valence-electron chi connectivity index (χ1n) is 5.36. The van der Waals surface area contributed by atoms with Gasteiger partial charge >= 0.3 is 21.6 Å². The van der Waals surface area contributed by atoms with Crippen molar-refractivity contribution in [2.45, 2.75) is 30.7 Å². The Kier molecular flexibility index (Phi) is 5.00. The highest BCUT2D eigenvalue weighted by Gasteiger charge is 2.51. The summed E-state index contributed by atoms with van der Waals surface area (Å²) in [6.07, 6.45) is -2.58. The van der Waals surface area contributed by atoms with E-state index in [0.717, 1.165) is 7.11 Å². The van der Waals surface area contributed by atoms with E-state index in [-0.39, 0.29) is 13.2 Å². The summed E-state index contributed by atoms with van der Waals surface area (Å²) in [5.41, 5.74) is -5.64. The molecule has 7 nitrogen and oxygen atoms in total. The molecule has 0 bridgehead atoms. The Hall–Kier alpha value is -0.910. The second kappa shape index (κ2) is 5.84. The van der Waals surface area contributed by atoms with Gasteiger partial charge in [-0.2, -0.15) is 21.6 Å². The SMILES string of the molecule is COC(=O)C(CC1(C)OCCO1)OS(=O)(=O)C(F)(F)F. The summed E-state index contributed by atoms with van der Waals surface area (Å²) in [4.78, 5) is 11.4. The summed E-state index contributed by atoms with van der Waals surface area (Å²) in [5.74, 6) is -2.70. The molecule has 20 heavy (non-hydrogen) atoms. The van der Waals surface area contributed by atoms with E-state index in [0.29, 0.717) is 0 Å². The lowest BCUT2D eigenvalue weighted by Gasteiger charge is -2.26. The minimum absolute atomic E-state index is 0.163. The largest absolute Gasteiger partial charge is 0.523 e. The van der Waals surface area contributed by atoms with Crippen LogP contribution in [-0.4, -0.2) is 52.1 Å². The Bertz CT molecular complexity index is 453. The minimum atomic E-state index is -5.93. The van der Waals surface area contributed by atoms with E-state index in [1.807, 2.05) is 0 Å². The van der Waals surface area contributed by atoms with Crippen LogP contribution in [0.5, 0.6) is 0 Å². The van der Waals surface area contributed by atoms with Gasteiger partial charge in [0.25, 0.3) is 0 Å². The molecule has 0 aliphatic carbocycles. The van der Waals surface area contributed by atoms with Gasteiger partial charge in [-0.05, 0) is 6.92 Å². The van der Waals surface area contributed by atoms with Crippen molar-refractivity contribution in [1.29, 1.82) is 0 Å². The third kappa shape index (κ3) is 4.04. The summed E-state index contributed by atoms with van der Waals surface area (Å²) >= 11 is 0. The fourth-order valence-corrected chi connectivity index (χ4v) is 2.07. The van der Waals surface area contributed by atoms with Crippen LogP contribution in [0.4, 0.5) is 13.2 Å². The second-order valence-corrected chi connectivity index (χ2v) is 5.61. The van der Waals surface area contributed by atoms with Gasteiger partial charge in [-0.15, -0.1) is 0 Å². The Labute approximate surface area is 113 Å². The fraction of sp³-hybridized carbons (Fsp3) is 0.889. The first-order valence-corrected chi connectivity index (χ1v) is 6.77. The maximum Gasteiger partial charge on any atom is 0.523 e. The van der Waals surface area contributed by atoms with Crippen LogP contribution in [0.3, 0.4) is 0 Å². The first kappa shape index (κ1) is 17.1. The van der Waals surface area contributed by atoms with Gasteiger partial charge in [-0.1, -0.05) is 0 Å². The van der Waals surface area contributed by atoms with E-state index in [1.165, 1.54) is 6.92 Å². The predicted octanol–water partition coefficient (Wildman–Crippen LogP) is 0.547. The van der Waals surface area contributed by atoms with Gasteiger partial charge < -0.3 is 14.2 Å². The minimum Gasteiger partial charge on any atom is -0.467 e. The summed E-state index contributed by atoms with van der Waals surface area (Å²) < 4.78 is 76.8. The third-order valence-corrected chi connectivity index (χ3v) is 3.50. The van der Waals surface area contributed by atoms with Gasteiger partial charge in [0.1, 0.15) is 0 Å². The summed E-state index contributed by atoms with van der Waals surface area (Å²) in [6.45, 7) is 1.67. The third-order valence-electron chi connectivity index (χ3n) is 2.44. The molecule has 1 rings (SSSR count). The van der Waals surface area contributed by atoms with Crippen molar-refractivity contribution in [3.05, 3.63) is 0 Å². The molecule has 1 unspecified atom stereocenters. The second-order valence-electron chi connectivity index (χ2n) is 4.04. The highest BCUT2D eigenvalue weighted by molar-refractivity contribution is 7.87. The number of methoxy groups -OCH3 is 1. The number of halogens is 3. The van der Waals surface area contributed by atoms with Gasteiger partial charge in [-0.3, -0.25) is 0 Å². The maximum absolute atomic E-state index is 12.2. The van der Waals surface area contributed by atoms with Crippen LogP contribution in [0.1, 0.15) is 13.3 Å². The molecule has 1 aliphatic heterocycles. The average molecular weight is 322 g/mol. The lowest BCUT2D eigenvalue weighted by molar-refractivity contribution is -0.176. The Morgan fingerprint density at radius 3 is 2.25 bits per heavy atom. The molecule has 0 N–H and O–H groups in total. The molecule has 1 fully saturated rings. The van der Waals surface area contributed by atoms with Crippen molar-refractivity contribution < 1.29 is 44.8 Å². The zero-order valence-electron chi connectivity index (χ0n) is 10.6. The molecule has 1 saturated heterocycles. The highest BCUT2D eigenvalue weighted by atomic mass is 32.2. The summed E-state index contributed by atoms with van der Waals surface area (Å²) in [5, 5.41) is 0. The van der Waals surface area contributed by atoms with Crippen LogP contribution >= 0.6 is 0 Å². The molecule has 118 valence electrons. The smallest absolute Gasteiger partial charge is 0.467 e. The number of hydrogen-bond acceptors (Lipinski definition) is 7. The number of esters is 1. The predicted molar refractivity (Wildman–Crippen MR) is 56.8 cm³/mol. The van der Waals surface area contributed by atoms with Crippen LogP contribution in [0, 0.1) is 0 Å². The van der Waals surface area contributed by atoms with Crippen molar-refractivity contribution in [1.82, 2.24) is 0 Å². The number of hydrogen-bond donors (Lipinski definition) is 0. The van der Waals surface area contributed by atoms with Crippen LogP contribution in [0.15, 0.2) is 0 Å². The Balaban J connectivity index is 2.89. The number of alkyl halides is 3. The number of ether oxygens (including phenoxy) is 3.